The molecule has 3 rings (SSSR count). The molecule has 0 bridgehead atoms. The van der Waals surface area contributed by atoms with Gasteiger partial charge in [-0.2, -0.15) is 0 Å². The first-order valence-electron chi connectivity index (χ1n) is 8.09. The van der Waals surface area contributed by atoms with Crippen LogP contribution in [0.5, 0.6) is 0 Å². The monoisotopic (exact) mass is 348 g/mol. The van der Waals surface area contributed by atoms with Crippen LogP contribution in [0, 0.1) is 0 Å². The lowest BCUT2D eigenvalue weighted by atomic mass is 9.94. The fourth-order valence-corrected chi connectivity index (χ4v) is 3.97. The van der Waals surface area contributed by atoms with Crippen LogP contribution in [0.2, 0.25) is 10.0 Å². The molecule has 4 heteroatoms. The highest BCUT2D eigenvalue weighted by atomic mass is 35.5. The van der Waals surface area contributed by atoms with Crippen molar-refractivity contribution in [3.8, 4) is 0 Å². The molecule has 1 unspecified atom stereocenters. The fourth-order valence-electron chi connectivity index (χ4n) is 3.43. The summed E-state index contributed by atoms with van der Waals surface area (Å²) in [5.41, 5.74) is 2.45. The fraction of sp³-hybridized carbons (Fsp3) is 0.368. The minimum Gasteiger partial charge on any atom is -0.317 e. The summed E-state index contributed by atoms with van der Waals surface area (Å²) in [5, 5.41) is 4.78. The molecule has 1 N–H and O–H groups in total. The molecule has 1 fully saturated rings. The molecule has 0 saturated carbocycles. The molecule has 23 heavy (non-hydrogen) atoms. The molecule has 0 spiro atoms. The Morgan fingerprint density at radius 2 is 1.57 bits per heavy atom. The van der Waals surface area contributed by atoms with Gasteiger partial charge in [0.2, 0.25) is 0 Å². The number of hydrogen-bond acceptors (Lipinski definition) is 2. The van der Waals surface area contributed by atoms with Gasteiger partial charge in [0.05, 0.1) is 6.04 Å². The Bertz CT molecular complexity index is 617. The van der Waals surface area contributed by atoms with Gasteiger partial charge < -0.3 is 5.32 Å². The van der Waals surface area contributed by atoms with E-state index in [1.165, 1.54) is 5.56 Å². The first-order valence-corrected chi connectivity index (χ1v) is 8.85. The van der Waals surface area contributed by atoms with E-state index in [9.17, 15) is 0 Å². The van der Waals surface area contributed by atoms with Crippen molar-refractivity contribution in [1.29, 1.82) is 0 Å². The summed E-state index contributed by atoms with van der Waals surface area (Å²) in [4.78, 5) is 2.53. The topological polar surface area (TPSA) is 15.3 Å². The van der Waals surface area contributed by atoms with E-state index in [4.69, 9.17) is 23.2 Å². The summed E-state index contributed by atoms with van der Waals surface area (Å²) in [5.74, 6) is 0. The Morgan fingerprint density at radius 3 is 2.13 bits per heavy atom. The van der Waals surface area contributed by atoms with Crippen LogP contribution in [0.4, 0.5) is 0 Å². The molecule has 1 aliphatic rings. The number of hydrogen-bond donors (Lipinski definition) is 1. The van der Waals surface area contributed by atoms with Crippen molar-refractivity contribution >= 4 is 23.2 Å². The van der Waals surface area contributed by atoms with Crippen LogP contribution in [-0.2, 0) is 0 Å². The average molecular weight is 349 g/mol. The zero-order valence-corrected chi connectivity index (χ0v) is 14.8. The molecular formula is C19H22Cl2N2. The van der Waals surface area contributed by atoms with Crippen LogP contribution in [0.3, 0.4) is 0 Å². The van der Waals surface area contributed by atoms with Crippen LogP contribution in [0.15, 0.2) is 48.5 Å². The molecule has 1 heterocycles. The SMILES string of the molecule is CNC1CCN(C(c2ccccc2)c2cc(Cl)cc(Cl)c2)CC1. The zero-order valence-electron chi connectivity index (χ0n) is 13.3. The second-order valence-electron chi connectivity index (χ2n) is 6.11. The van der Waals surface area contributed by atoms with Gasteiger partial charge >= 0.3 is 0 Å². The van der Waals surface area contributed by atoms with Crippen molar-refractivity contribution < 1.29 is 0 Å². The minimum absolute atomic E-state index is 0.199. The molecular weight excluding hydrogens is 327 g/mol. The molecule has 0 aliphatic carbocycles. The molecule has 1 aliphatic heterocycles. The molecule has 1 saturated heterocycles. The summed E-state index contributed by atoms with van der Waals surface area (Å²) in [6, 6.07) is 17.3. The number of piperidine rings is 1. The van der Waals surface area contributed by atoms with Gasteiger partial charge in [-0.3, -0.25) is 4.90 Å². The number of halogens is 2. The molecule has 122 valence electrons. The minimum atomic E-state index is 0.199. The summed E-state index contributed by atoms with van der Waals surface area (Å²) in [7, 11) is 2.05. The normalized spacial score (nSPS) is 18.0. The third-order valence-corrected chi connectivity index (χ3v) is 5.06. The van der Waals surface area contributed by atoms with E-state index in [-0.39, 0.29) is 6.04 Å². The first kappa shape index (κ1) is 16.8. The summed E-state index contributed by atoms with van der Waals surface area (Å²) in [6.45, 7) is 2.13. The first-order chi connectivity index (χ1) is 11.2. The van der Waals surface area contributed by atoms with E-state index < -0.39 is 0 Å². The van der Waals surface area contributed by atoms with E-state index in [2.05, 4.69) is 40.5 Å². The number of benzene rings is 2. The van der Waals surface area contributed by atoms with Gasteiger partial charge in [-0.1, -0.05) is 53.5 Å². The van der Waals surface area contributed by atoms with Crippen molar-refractivity contribution in [3.63, 3.8) is 0 Å². The Balaban J connectivity index is 1.94. The molecule has 2 nitrogen and oxygen atoms in total. The van der Waals surface area contributed by atoms with E-state index in [0.29, 0.717) is 16.1 Å². The van der Waals surface area contributed by atoms with Crippen LogP contribution in [0.1, 0.15) is 30.0 Å². The number of rotatable bonds is 4. The van der Waals surface area contributed by atoms with Gasteiger partial charge in [0.1, 0.15) is 0 Å². The van der Waals surface area contributed by atoms with Crippen LogP contribution in [-0.4, -0.2) is 31.1 Å². The molecule has 0 aromatic heterocycles. The van der Waals surface area contributed by atoms with Gasteiger partial charge in [-0.15, -0.1) is 0 Å². The Morgan fingerprint density at radius 1 is 0.957 bits per heavy atom. The van der Waals surface area contributed by atoms with Crippen LogP contribution < -0.4 is 5.32 Å². The van der Waals surface area contributed by atoms with Gasteiger partial charge in [0, 0.05) is 29.2 Å². The Hall–Kier alpha value is -1.06. The smallest absolute Gasteiger partial charge is 0.0602 e. The highest BCUT2D eigenvalue weighted by Gasteiger charge is 2.27. The van der Waals surface area contributed by atoms with Gasteiger partial charge in [0.15, 0.2) is 0 Å². The second kappa shape index (κ2) is 7.67. The van der Waals surface area contributed by atoms with E-state index in [0.717, 1.165) is 31.5 Å². The van der Waals surface area contributed by atoms with Gasteiger partial charge in [0.25, 0.3) is 0 Å². The molecule has 2 aromatic rings. The summed E-state index contributed by atoms with van der Waals surface area (Å²) in [6.07, 6.45) is 2.32. The number of nitrogens with one attached hydrogen (secondary N) is 1. The van der Waals surface area contributed by atoms with Crippen LogP contribution >= 0.6 is 23.2 Å². The van der Waals surface area contributed by atoms with E-state index >= 15 is 0 Å². The van der Waals surface area contributed by atoms with Crippen molar-refractivity contribution in [2.45, 2.75) is 24.9 Å². The summed E-state index contributed by atoms with van der Waals surface area (Å²) < 4.78 is 0. The highest BCUT2D eigenvalue weighted by molar-refractivity contribution is 6.34. The molecule has 0 radical (unpaired) electrons. The third-order valence-electron chi connectivity index (χ3n) is 4.62. The van der Waals surface area contributed by atoms with Gasteiger partial charge in [-0.25, -0.2) is 0 Å². The van der Waals surface area contributed by atoms with Crippen LogP contribution in [0.25, 0.3) is 0 Å². The maximum Gasteiger partial charge on any atom is 0.0602 e. The quantitative estimate of drug-likeness (QED) is 0.856. The third kappa shape index (κ3) is 4.07. The predicted molar refractivity (Wildman–Crippen MR) is 98.4 cm³/mol. The Labute approximate surface area is 148 Å². The van der Waals surface area contributed by atoms with Crippen molar-refractivity contribution in [1.82, 2.24) is 10.2 Å². The van der Waals surface area contributed by atoms with Crippen molar-refractivity contribution in [2.24, 2.45) is 0 Å². The lowest BCUT2D eigenvalue weighted by molar-refractivity contribution is 0.166. The van der Waals surface area contributed by atoms with E-state index in [1.54, 1.807) is 6.07 Å². The van der Waals surface area contributed by atoms with Gasteiger partial charge in [-0.05, 0) is 49.2 Å². The maximum atomic E-state index is 6.25. The Kier molecular flexibility index (Phi) is 5.60. The largest absolute Gasteiger partial charge is 0.317 e. The highest BCUT2D eigenvalue weighted by Crippen LogP contribution is 2.34. The number of nitrogens with zero attached hydrogens (tertiary/aromatic N) is 1. The lowest BCUT2D eigenvalue weighted by Crippen LogP contribution is -2.43. The molecule has 1 atom stereocenters. The summed E-state index contributed by atoms with van der Waals surface area (Å²) >= 11 is 12.5. The average Bonchev–Trinajstić information content (AvgIpc) is 2.56. The van der Waals surface area contributed by atoms with E-state index in [1.807, 2.05) is 19.2 Å². The van der Waals surface area contributed by atoms with Crippen molar-refractivity contribution in [3.05, 3.63) is 69.7 Å². The zero-order chi connectivity index (χ0) is 16.2. The standard InChI is InChI=1S/C19H22Cl2N2/c1-22-18-7-9-23(10-8-18)19(14-5-3-2-4-6-14)15-11-16(20)13-17(21)12-15/h2-6,11-13,18-19,22H,7-10H2,1H3. The predicted octanol–water partition coefficient (Wildman–Crippen LogP) is 4.77. The molecule has 0 amide bonds. The lowest BCUT2D eigenvalue weighted by Gasteiger charge is -2.38. The second-order valence-corrected chi connectivity index (χ2v) is 6.99. The maximum absolute atomic E-state index is 6.25. The molecule has 2 aromatic carbocycles. The number of likely N-dealkylation sites (tertiary alicyclic amines) is 1. The van der Waals surface area contributed by atoms with Crippen molar-refractivity contribution in [2.75, 3.05) is 20.1 Å².